The standard InChI is InChI=1S/C16H13F2NO2S/c17-15-9-7-13(8-10-15)12-22(20,21)19-11-3-5-14-4-1-2-6-16(14)18/h1-2,4,6-10,19H,11-12H2. The van der Waals surface area contributed by atoms with Crippen LogP contribution in [0.3, 0.4) is 0 Å². The van der Waals surface area contributed by atoms with Crippen molar-refractivity contribution < 1.29 is 17.2 Å². The smallest absolute Gasteiger partial charge is 0.212 e. The molecule has 0 aliphatic heterocycles. The number of sulfonamides is 1. The Morgan fingerprint density at radius 2 is 1.68 bits per heavy atom. The van der Waals surface area contributed by atoms with E-state index in [0.717, 1.165) is 0 Å². The van der Waals surface area contributed by atoms with Crippen LogP contribution in [0.2, 0.25) is 0 Å². The van der Waals surface area contributed by atoms with E-state index in [-0.39, 0.29) is 17.9 Å². The zero-order chi connectivity index (χ0) is 16.0. The fourth-order valence-corrected chi connectivity index (χ4v) is 2.72. The maximum Gasteiger partial charge on any atom is 0.216 e. The summed E-state index contributed by atoms with van der Waals surface area (Å²) >= 11 is 0. The van der Waals surface area contributed by atoms with Crippen LogP contribution >= 0.6 is 0 Å². The summed E-state index contributed by atoms with van der Waals surface area (Å²) in [5, 5.41) is 0. The van der Waals surface area contributed by atoms with Gasteiger partial charge >= 0.3 is 0 Å². The minimum Gasteiger partial charge on any atom is -0.212 e. The fraction of sp³-hybridized carbons (Fsp3) is 0.125. The highest BCUT2D eigenvalue weighted by Crippen LogP contribution is 2.06. The molecule has 1 N–H and O–H groups in total. The molecule has 0 heterocycles. The molecule has 22 heavy (non-hydrogen) atoms. The highest BCUT2D eigenvalue weighted by molar-refractivity contribution is 7.88. The van der Waals surface area contributed by atoms with Gasteiger partial charge in [-0.3, -0.25) is 0 Å². The van der Waals surface area contributed by atoms with E-state index < -0.39 is 21.7 Å². The molecular formula is C16H13F2NO2S. The van der Waals surface area contributed by atoms with Gasteiger partial charge in [-0.15, -0.1) is 0 Å². The molecule has 0 aromatic heterocycles. The van der Waals surface area contributed by atoms with E-state index in [4.69, 9.17) is 0 Å². The minimum atomic E-state index is -3.58. The Morgan fingerprint density at radius 1 is 1.00 bits per heavy atom. The first-order chi connectivity index (χ1) is 10.5. The first-order valence-electron chi connectivity index (χ1n) is 6.41. The minimum absolute atomic E-state index is 0.127. The second-order valence-corrected chi connectivity index (χ2v) is 6.30. The van der Waals surface area contributed by atoms with Crippen LogP contribution in [-0.2, 0) is 15.8 Å². The van der Waals surface area contributed by atoms with Crippen LogP contribution < -0.4 is 4.72 Å². The zero-order valence-electron chi connectivity index (χ0n) is 11.5. The molecule has 0 amide bonds. The lowest BCUT2D eigenvalue weighted by Gasteiger charge is -2.03. The van der Waals surface area contributed by atoms with Crippen molar-refractivity contribution in [3.8, 4) is 11.8 Å². The van der Waals surface area contributed by atoms with Crippen LogP contribution in [0.5, 0.6) is 0 Å². The van der Waals surface area contributed by atoms with Crippen molar-refractivity contribution >= 4 is 10.0 Å². The summed E-state index contributed by atoms with van der Waals surface area (Å²) in [7, 11) is -3.58. The summed E-state index contributed by atoms with van der Waals surface area (Å²) in [6.45, 7) is -0.127. The Kier molecular flexibility index (Phi) is 5.26. The summed E-state index contributed by atoms with van der Waals surface area (Å²) < 4.78 is 52.0. The van der Waals surface area contributed by atoms with Gasteiger partial charge in [-0.1, -0.05) is 36.1 Å². The molecule has 0 bridgehead atoms. The number of halogens is 2. The lowest BCUT2D eigenvalue weighted by atomic mass is 10.2. The van der Waals surface area contributed by atoms with Crippen LogP contribution in [0.15, 0.2) is 48.5 Å². The van der Waals surface area contributed by atoms with Gasteiger partial charge in [0.05, 0.1) is 17.9 Å². The number of hydrogen-bond acceptors (Lipinski definition) is 2. The molecular weight excluding hydrogens is 308 g/mol. The monoisotopic (exact) mass is 321 g/mol. The lowest BCUT2D eigenvalue weighted by molar-refractivity contribution is 0.585. The van der Waals surface area contributed by atoms with Gasteiger partial charge < -0.3 is 0 Å². The molecule has 114 valence electrons. The first kappa shape index (κ1) is 16.1. The molecule has 3 nitrogen and oxygen atoms in total. The normalized spacial score (nSPS) is 10.8. The van der Waals surface area contributed by atoms with E-state index in [0.29, 0.717) is 5.56 Å². The average Bonchev–Trinajstić information content (AvgIpc) is 2.47. The van der Waals surface area contributed by atoms with Crippen LogP contribution in [0.4, 0.5) is 8.78 Å². The van der Waals surface area contributed by atoms with Crippen molar-refractivity contribution in [3.05, 3.63) is 71.3 Å². The first-order valence-corrected chi connectivity index (χ1v) is 8.07. The number of hydrogen-bond donors (Lipinski definition) is 1. The third-order valence-corrected chi connectivity index (χ3v) is 4.04. The molecule has 0 aliphatic carbocycles. The number of rotatable bonds is 4. The van der Waals surface area contributed by atoms with Crippen LogP contribution in [0, 0.1) is 23.5 Å². The van der Waals surface area contributed by atoms with Crippen molar-refractivity contribution in [2.75, 3.05) is 6.54 Å². The third kappa shape index (κ3) is 4.95. The number of benzene rings is 2. The maximum atomic E-state index is 13.3. The topological polar surface area (TPSA) is 46.2 Å². The van der Waals surface area contributed by atoms with Gasteiger partial charge in [0.15, 0.2) is 0 Å². The third-order valence-electron chi connectivity index (χ3n) is 2.75. The zero-order valence-corrected chi connectivity index (χ0v) is 12.3. The molecule has 2 aromatic carbocycles. The van der Waals surface area contributed by atoms with Crippen molar-refractivity contribution in [2.45, 2.75) is 5.75 Å². The highest BCUT2D eigenvalue weighted by atomic mass is 32.2. The Balaban J connectivity index is 1.93. The predicted molar refractivity (Wildman–Crippen MR) is 80.3 cm³/mol. The quantitative estimate of drug-likeness (QED) is 0.879. The van der Waals surface area contributed by atoms with E-state index >= 15 is 0 Å². The largest absolute Gasteiger partial charge is 0.216 e. The predicted octanol–water partition coefficient (Wildman–Crippen LogP) is 2.44. The highest BCUT2D eigenvalue weighted by Gasteiger charge is 2.10. The van der Waals surface area contributed by atoms with Gasteiger partial charge in [0.1, 0.15) is 11.6 Å². The summed E-state index contributed by atoms with van der Waals surface area (Å²) in [6, 6.07) is 11.2. The SMILES string of the molecule is O=S(=O)(Cc1ccc(F)cc1)NCC#Cc1ccccc1F. The molecule has 2 aromatic rings. The van der Waals surface area contributed by atoms with E-state index in [9.17, 15) is 17.2 Å². The second kappa shape index (κ2) is 7.16. The van der Waals surface area contributed by atoms with Crippen molar-refractivity contribution in [2.24, 2.45) is 0 Å². The Hall–Kier alpha value is -2.23. The molecule has 2 rings (SSSR count). The Bertz CT molecular complexity index is 806. The Labute approximate surface area is 128 Å². The van der Waals surface area contributed by atoms with E-state index in [1.54, 1.807) is 12.1 Å². The van der Waals surface area contributed by atoms with Crippen LogP contribution in [0.1, 0.15) is 11.1 Å². The van der Waals surface area contributed by atoms with Gasteiger partial charge in [-0.25, -0.2) is 21.9 Å². The Morgan fingerprint density at radius 3 is 2.36 bits per heavy atom. The molecule has 0 atom stereocenters. The van der Waals surface area contributed by atoms with Crippen molar-refractivity contribution in [1.29, 1.82) is 0 Å². The van der Waals surface area contributed by atoms with Gasteiger partial charge in [0.25, 0.3) is 0 Å². The van der Waals surface area contributed by atoms with E-state index in [1.807, 2.05) is 0 Å². The van der Waals surface area contributed by atoms with Crippen LogP contribution in [-0.4, -0.2) is 15.0 Å². The van der Waals surface area contributed by atoms with Gasteiger partial charge in [-0.2, -0.15) is 0 Å². The van der Waals surface area contributed by atoms with E-state index in [1.165, 1.54) is 36.4 Å². The molecule has 0 saturated heterocycles. The van der Waals surface area contributed by atoms with Gasteiger partial charge in [0, 0.05) is 0 Å². The summed E-state index contributed by atoms with van der Waals surface area (Å²) in [6.07, 6.45) is 0. The summed E-state index contributed by atoms with van der Waals surface area (Å²) in [5.41, 5.74) is 0.677. The van der Waals surface area contributed by atoms with Gasteiger partial charge in [-0.05, 0) is 29.8 Å². The average molecular weight is 321 g/mol. The molecule has 0 saturated carbocycles. The van der Waals surface area contributed by atoms with Crippen molar-refractivity contribution in [3.63, 3.8) is 0 Å². The summed E-state index contributed by atoms with van der Waals surface area (Å²) in [5.74, 6) is 3.96. The fourth-order valence-electron chi connectivity index (χ4n) is 1.70. The molecule has 0 radical (unpaired) electrons. The maximum absolute atomic E-state index is 13.3. The van der Waals surface area contributed by atoms with Crippen LogP contribution in [0.25, 0.3) is 0 Å². The molecule has 0 unspecified atom stereocenters. The van der Waals surface area contributed by atoms with Crippen molar-refractivity contribution in [1.82, 2.24) is 4.72 Å². The second-order valence-electron chi connectivity index (χ2n) is 4.49. The molecule has 0 spiro atoms. The summed E-state index contributed by atoms with van der Waals surface area (Å²) in [4.78, 5) is 0. The number of nitrogens with one attached hydrogen (secondary N) is 1. The molecule has 0 aliphatic rings. The molecule has 6 heteroatoms. The van der Waals surface area contributed by atoms with E-state index in [2.05, 4.69) is 16.6 Å². The molecule has 0 fully saturated rings. The van der Waals surface area contributed by atoms with Gasteiger partial charge in [0.2, 0.25) is 10.0 Å². The lowest BCUT2D eigenvalue weighted by Crippen LogP contribution is -2.25.